The van der Waals surface area contributed by atoms with Gasteiger partial charge in [-0.1, -0.05) is 0 Å². The zero-order chi connectivity index (χ0) is 13.7. The van der Waals surface area contributed by atoms with Gasteiger partial charge in [-0.05, 0) is 30.7 Å². The molecule has 1 aromatic rings. The van der Waals surface area contributed by atoms with Gasteiger partial charge in [0.15, 0.2) is 0 Å². The van der Waals surface area contributed by atoms with E-state index in [1.807, 2.05) is 0 Å². The van der Waals surface area contributed by atoms with Crippen molar-refractivity contribution < 1.29 is 21.0 Å². The van der Waals surface area contributed by atoms with Crippen LogP contribution in [0.25, 0.3) is 0 Å². The van der Waals surface area contributed by atoms with Crippen LogP contribution in [-0.2, 0) is 15.1 Å². The van der Waals surface area contributed by atoms with Gasteiger partial charge in [-0.25, -0.2) is 8.78 Å². The zero-order valence-electron chi connectivity index (χ0n) is 11.0. The Morgan fingerprint density at radius 3 is 2.88 bits per heavy atom. The fourth-order valence-corrected chi connectivity index (χ4v) is 2.43. The molecule has 0 unspecified atom stereocenters. The van der Waals surface area contributed by atoms with Gasteiger partial charge in [0, 0.05) is 12.6 Å². The van der Waals surface area contributed by atoms with Gasteiger partial charge < -0.3 is 14.8 Å². The van der Waals surface area contributed by atoms with E-state index >= 15 is 0 Å². The molecule has 17 heavy (non-hydrogen) atoms. The molecule has 2 saturated heterocycles. The standard InChI is InChI=1S/C12H13F2NO2/c13-9-3-8(4-10(14)5-9)12-1-2-15-6-11(12)16-7-17-12/h3-5,11,15H,1-2,6-7H2/t11-,12-/m1/s1/i7D2. The predicted molar refractivity (Wildman–Crippen MR) is 56.3 cm³/mol. The minimum absolute atomic E-state index is 0.276. The Morgan fingerprint density at radius 1 is 1.35 bits per heavy atom. The number of hydrogen-bond donors (Lipinski definition) is 1. The van der Waals surface area contributed by atoms with Crippen molar-refractivity contribution in [3.63, 3.8) is 0 Å². The van der Waals surface area contributed by atoms with Crippen LogP contribution in [0.2, 0.25) is 0 Å². The Bertz CT molecular complexity index is 494. The summed E-state index contributed by atoms with van der Waals surface area (Å²) >= 11 is 0. The molecule has 5 heteroatoms. The maximum absolute atomic E-state index is 13.4. The van der Waals surface area contributed by atoms with Crippen LogP contribution >= 0.6 is 0 Å². The molecule has 0 spiro atoms. The molecule has 0 aliphatic carbocycles. The molecule has 0 radical (unpaired) electrons. The van der Waals surface area contributed by atoms with Gasteiger partial charge in [0.25, 0.3) is 0 Å². The number of halogens is 2. The highest BCUT2D eigenvalue weighted by Gasteiger charge is 2.48. The number of ether oxygens (including phenoxy) is 2. The molecule has 92 valence electrons. The fraction of sp³-hybridized carbons (Fsp3) is 0.500. The molecule has 2 atom stereocenters. The highest BCUT2D eigenvalue weighted by molar-refractivity contribution is 5.28. The van der Waals surface area contributed by atoms with Crippen molar-refractivity contribution in [3.05, 3.63) is 35.4 Å². The zero-order valence-corrected chi connectivity index (χ0v) is 9.00. The van der Waals surface area contributed by atoms with Crippen molar-refractivity contribution in [2.75, 3.05) is 19.8 Å². The lowest BCUT2D eigenvalue weighted by atomic mass is 9.83. The van der Waals surface area contributed by atoms with E-state index in [1.165, 1.54) is 12.1 Å². The lowest BCUT2D eigenvalue weighted by molar-refractivity contribution is -0.0271. The first-order valence-corrected chi connectivity index (χ1v) is 5.47. The minimum atomic E-state index is -2.25. The van der Waals surface area contributed by atoms with Gasteiger partial charge in [-0.3, -0.25) is 0 Å². The Labute approximate surface area is 101 Å². The van der Waals surface area contributed by atoms with Crippen molar-refractivity contribution >= 4 is 0 Å². The van der Waals surface area contributed by atoms with Crippen molar-refractivity contribution in [3.8, 4) is 0 Å². The Morgan fingerprint density at radius 2 is 2.12 bits per heavy atom. The smallest absolute Gasteiger partial charge is 0.148 e. The van der Waals surface area contributed by atoms with Crippen LogP contribution in [0.4, 0.5) is 8.78 Å². The number of fused-ring (bicyclic) bond motifs is 1. The maximum atomic E-state index is 13.4. The molecule has 0 bridgehead atoms. The summed E-state index contributed by atoms with van der Waals surface area (Å²) in [5, 5.41) is 3.06. The molecule has 1 aromatic carbocycles. The molecule has 2 heterocycles. The van der Waals surface area contributed by atoms with Gasteiger partial charge in [-0.2, -0.15) is 0 Å². The van der Waals surface area contributed by atoms with Crippen molar-refractivity contribution in [1.82, 2.24) is 5.32 Å². The molecule has 2 aliphatic heterocycles. The topological polar surface area (TPSA) is 30.5 Å². The van der Waals surface area contributed by atoms with Gasteiger partial charge in [0.1, 0.15) is 30.1 Å². The van der Waals surface area contributed by atoms with Crippen LogP contribution in [0.5, 0.6) is 0 Å². The molecule has 1 N–H and O–H groups in total. The number of benzene rings is 1. The first kappa shape index (κ1) is 8.97. The lowest BCUT2D eigenvalue weighted by Crippen LogP contribution is -2.50. The molecule has 2 fully saturated rings. The molecule has 0 saturated carbocycles. The molecule has 0 amide bonds. The van der Waals surface area contributed by atoms with Crippen molar-refractivity contribution in [2.45, 2.75) is 18.1 Å². The normalized spacial score (nSPS) is 37.2. The van der Waals surface area contributed by atoms with E-state index in [1.54, 1.807) is 0 Å². The van der Waals surface area contributed by atoms with Crippen molar-refractivity contribution in [1.29, 1.82) is 0 Å². The van der Waals surface area contributed by atoms with Crippen LogP contribution in [0.3, 0.4) is 0 Å². The quantitative estimate of drug-likeness (QED) is 0.811. The number of rotatable bonds is 1. The van der Waals surface area contributed by atoms with Gasteiger partial charge in [0.2, 0.25) is 0 Å². The van der Waals surface area contributed by atoms with Gasteiger partial charge in [0.05, 0.1) is 2.74 Å². The van der Waals surface area contributed by atoms with E-state index in [4.69, 9.17) is 12.2 Å². The summed E-state index contributed by atoms with van der Waals surface area (Å²) in [6.45, 7) is -1.31. The monoisotopic (exact) mass is 243 g/mol. The Hall–Kier alpha value is -1.04. The number of nitrogens with one attached hydrogen (secondary N) is 1. The fourth-order valence-electron chi connectivity index (χ4n) is 2.43. The van der Waals surface area contributed by atoms with Crippen LogP contribution in [0.15, 0.2) is 18.2 Å². The maximum Gasteiger partial charge on any atom is 0.148 e. The van der Waals surface area contributed by atoms with E-state index in [-0.39, 0.29) is 5.56 Å². The van der Waals surface area contributed by atoms with E-state index in [9.17, 15) is 8.78 Å². The summed E-state index contributed by atoms with van der Waals surface area (Å²) in [4.78, 5) is 0. The van der Waals surface area contributed by atoms with Crippen LogP contribution < -0.4 is 5.32 Å². The summed E-state index contributed by atoms with van der Waals surface area (Å²) in [5.74, 6) is -1.42. The lowest BCUT2D eigenvalue weighted by Gasteiger charge is -2.37. The summed E-state index contributed by atoms with van der Waals surface area (Å²) in [6, 6.07) is 3.12. The Balaban J connectivity index is 2.08. The van der Waals surface area contributed by atoms with E-state index in [0.29, 0.717) is 19.5 Å². The third kappa shape index (κ3) is 1.74. The third-order valence-electron chi connectivity index (χ3n) is 3.29. The average Bonchev–Trinajstić information content (AvgIpc) is 2.58. The van der Waals surface area contributed by atoms with Crippen molar-refractivity contribution in [2.24, 2.45) is 0 Å². The highest BCUT2D eigenvalue weighted by Crippen LogP contribution is 2.41. The Kier molecular flexibility index (Phi) is 2.12. The highest BCUT2D eigenvalue weighted by atomic mass is 19.1. The minimum Gasteiger partial charge on any atom is -0.347 e. The van der Waals surface area contributed by atoms with E-state index < -0.39 is 30.1 Å². The molecule has 0 aromatic heterocycles. The van der Waals surface area contributed by atoms with Crippen LogP contribution in [-0.4, -0.2) is 25.9 Å². The average molecular weight is 243 g/mol. The molecular formula is C12H13F2NO2. The van der Waals surface area contributed by atoms with Crippen LogP contribution in [0.1, 0.15) is 14.7 Å². The molecule has 3 rings (SSSR count). The first-order chi connectivity index (χ1) is 8.91. The summed E-state index contributed by atoms with van der Waals surface area (Å²) in [7, 11) is 0. The number of hydrogen-bond acceptors (Lipinski definition) is 3. The SMILES string of the molecule is [2H]C1([2H])O[C@@H]2CNCC[C@]2(c2cc(F)cc(F)c2)O1. The second kappa shape index (κ2) is 4.01. The number of piperidine rings is 1. The van der Waals surface area contributed by atoms with E-state index in [2.05, 4.69) is 5.32 Å². The van der Waals surface area contributed by atoms with Gasteiger partial charge >= 0.3 is 0 Å². The molecule has 2 aliphatic rings. The molecular weight excluding hydrogens is 228 g/mol. The third-order valence-corrected chi connectivity index (χ3v) is 3.29. The summed E-state index contributed by atoms with van der Waals surface area (Å²) in [5.41, 5.74) is -0.865. The summed E-state index contributed by atoms with van der Waals surface area (Å²) in [6.07, 6.45) is -0.225. The predicted octanol–water partition coefficient (Wildman–Crippen LogP) is 1.53. The van der Waals surface area contributed by atoms with Crippen LogP contribution in [0, 0.1) is 11.6 Å². The second-order valence-electron chi connectivity index (χ2n) is 4.29. The van der Waals surface area contributed by atoms with Gasteiger partial charge in [-0.15, -0.1) is 0 Å². The van der Waals surface area contributed by atoms with E-state index in [0.717, 1.165) is 6.07 Å². The first-order valence-electron chi connectivity index (χ1n) is 6.47. The largest absolute Gasteiger partial charge is 0.347 e. The summed E-state index contributed by atoms with van der Waals surface area (Å²) < 4.78 is 52.5. The molecule has 3 nitrogen and oxygen atoms in total. The second-order valence-corrected chi connectivity index (χ2v) is 4.29.